The molecule has 0 aliphatic rings. The number of hydrogen-bond acceptors (Lipinski definition) is 6. The van der Waals surface area contributed by atoms with Crippen molar-refractivity contribution in [3.8, 4) is 0 Å². The molecule has 116 valence electrons. The molecule has 0 rings (SSSR count). The van der Waals surface area contributed by atoms with Gasteiger partial charge < -0.3 is 14.2 Å². The first kappa shape index (κ1) is 18.4. The molecule has 6 heteroatoms. The Morgan fingerprint density at radius 2 is 1.40 bits per heavy atom. The van der Waals surface area contributed by atoms with Crippen molar-refractivity contribution in [2.24, 2.45) is 5.41 Å². The molecule has 0 atom stereocenters. The summed E-state index contributed by atoms with van der Waals surface area (Å²) in [6.45, 7) is 6.93. The molecule has 0 saturated heterocycles. The van der Waals surface area contributed by atoms with Crippen LogP contribution in [0.2, 0.25) is 0 Å². The molecular weight excluding hydrogens is 264 g/mol. The molecular formula is C14H24O6. The summed E-state index contributed by atoms with van der Waals surface area (Å²) in [6.07, 6.45) is 0.288. The Morgan fingerprint density at radius 3 is 1.70 bits per heavy atom. The van der Waals surface area contributed by atoms with Crippen molar-refractivity contribution in [3.05, 3.63) is 0 Å². The van der Waals surface area contributed by atoms with Crippen molar-refractivity contribution in [1.29, 1.82) is 0 Å². The molecule has 0 radical (unpaired) electrons. The van der Waals surface area contributed by atoms with Crippen LogP contribution in [0.3, 0.4) is 0 Å². The van der Waals surface area contributed by atoms with Gasteiger partial charge in [-0.05, 0) is 27.2 Å². The number of ether oxygens (including phenoxy) is 3. The largest absolute Gasteiger partial charge is 0.468 e. The van der Waals surface area contributed by atoms with Gasteiger partial charge in [0.15, 0.2) is 5.41 Å². The smallest absolute Gasteiger partial charge is 0.323 e. The first-order valence-electron chi connectivity index (χ1n) is 6.51. The molecule has 0 unspecified atom stereocenters. The number of carbonyl (C=O) groups is 3. The Labute approximate surface area is 119 Å². The highest BCUT2D eigenvalue weighted by atomic mass is 16.6. The van der Waals surface area contributed by atoms with Gasteiger partial charge in [0, 0.05) is 0 Å². The predicted molar refractivity (Wildman–Crippen MR) is 71.8 cm³/mol. The lowest BCUT2D eigenvalue weighted by atomic mass is 9.80. The van der Waals surface area contributed by atoms with E-state index < -0.39 is 35.3 Å². The maximum absolute atomic E-state index is 12.0. The van der Waals surface area contributed by atoms with E-state index in [4.69, 9.17) is 4.74 Å². The average molecular weight is 288 g/mol. The van der Waals surface area contributed by atoms with Crippen LogP contribution in [0.25, 0.3) is 0 Å². The molecule has 0 aromatic carbocycles. The molecule has 0 aliphatic carbocycles. The number of rotatable bonds is 6. The van der Waals surface area contributed by atoms with Crippen molar-refractivity contribution in [3.63, 3.8) is 0 Å². The van der Waals surface area contributed by atoms with Crippen molar-refractivity contribution in [2.75, 3.05) is 14.2 Å². The van der Waals surface area contributed by atoms with Gasteiger partial charge in [-0.15, -0.1) is 0 Å². The van der Waals surface area contributed by atoms with Gasteiger partial charge in [-0.25, -0.2) is 0 Å². The van der Waals surface area contributed by atoms with Gasteiger partial charge in [-0.3, -0.25) is 14.4 Å². The maximum atomic E-state index is 12.0. The van der Waals surface area contributed by atoms with Crippen molar-refractivity contribution >= 4 is 17.9 Å². The fourth-order valence-electron chi connectivity index (χ4n) is 1.96. The Kier molecular flexibility index (Phi) is 6.68. The summed E-state index contributed by atoms with van der Waals surface area (Å²) in [6, 6.07) is 0. The minimum atomic E-state index is -1.64. The van der Waals surface area contributed by atoms with Crippen LogP contribution in [0.15, 0.2) is 0 Å². The summed E-state index contributed by atoms with van der Waals surface area (Å²) in [5.41, 5.74) is -2.33. The van der Waals surface area contributed by atoms with Gasteiger partial charge in [0.2, 0.25) is 0 Å². The standard InChI is InChI=1S/C14H24O6/c1-7-8-14(11(16)18-5,12(17)19-6)9-10(15)20-13(2,3)4/h7-9H2,1-6H3. The molecule has 0 N–H and O–H groups in total. The Bertz CT molecular complexity index is 350. The van der Waals surface area contributed by atoms with Gasteiger partial charge in [-0.2, -0.15) is 0 Å². The van der Waals surface area contributed by atoms with Gasteiger partial charge in [0.05, 0.1) is 20.6 Å². The Balaban J connectivity index is 5.35. The number of carbonyl (C=O) groups excluding carboxylic acids is 3. The number of hydrogen-bond donors (Lipinski definition) is 0. The molecule has 0 saturated carbocycles. The van der Waals surface area contributed by atoms with Crippen LogP contribution in [0.4, 0.5) is 0 Å². The van der Waals surface area contributed by atoms with Crippen LogP contribution in [0, 0.1) is 5.41 Å². The molecule has 0 bridgehead atoms. The Morgan fingerprint density at radius 1 is 0.950 bits per heavy atom. The zero-order valence-corrected chi connectivity index (χ0v) is 13.1. The van der Waals surface area contributed by atoms with Crippen molar-refractivity contribution in [1.82, 2.24) is 0 Å². The van der Waals surface area contributed by atoms with Crippen molar-refractivity contribution < 1.29 is 28.6 Å². The van der Waals surface area contributed by atoms with E-state index in [9.17, 15) is 14.4 Å². The predicted octanol–water partition coefficient (Wildman–Crippen LogP) is 1.85. The highest BCUT2D eigenvalue weighted by molar-refractivity contribution is 6.03. The molecule has 0 heterocycles. The third-order valence-corrected chi connectivity index (χ3v) is 2.70. The van der Waals surface area contributed by atoms with E-state index in [1.807, 2.05) is 0 Å². The lowest BCUT2D eigenvalue weighted by Crippen LogP contribution is -2.44. The summed E-state index contributed by atoms with van der Waals surface area (Å²) >= 11 is 0. The first-order valence-corrected chi connectivity index (χ1v) is 6.51. The number of methoxy groups -OCH3 is 2. The van der Waals surface area contributed by atoms with Gasteiger partial charge in [0.1, 0.15) is 5.60 Å². The molecule has 0 spiro atoms. The quantitative estimate of drug-likeness (QED) is 0.421. The highest BCUT2D eigenvalue weighted by Crippen LogP contribution is 2.33. The third-order valence-electron chi connectivity index (χ3n) is 2.70. The molecule has 20 heavy (non-hydrogen) atoms. The average Bonchev–Trinajstić information content (AvgIpc) is 2.33. The van der Waals surface area contributed by atoms with E-state index in [0.29, 0.717) is 6.42 Å². The fourth-order valence-corrected chi connectivity index (χ4v) is 1.96. The first-order chi connectivity index (χ1) is 9.12. The van der Waals surface area contributed by atoms with E-state index in [1.54, 1.807) is 27.7 Å². The van der Waals surface area contributed by atoms with Crippen LogP contribution in [0.1, 0.15) is 47.0 Å². The fraction of sp³-hybridized carbons (Fsp3) is 0.786. The second-order valence-corrected chi connectivity index (χ2v) is 5.58. The van der Waals surface area contributed by atoms with E-state index >= 15 is 0 Å². The van der Waals surface area contributed by atoms with E-state index in [2.05, 4.69) is 9.47 Å². The molecule has 6 nitrogen and oxygen atoms in total. The van der Waals surface area contributed by atoms with Crippen LogP contribution in [-0.4, -0.2) is 37.7 Å². The monoisotopic (exact) mass is 288 g/mol. The lowest BCUT2D eigenvalue weighted by molar-refractivity contribution is -0.178. The van der Waals surface area contributed by atoms with Gasteiger partial charge in [-0.1, -0.05) is 13.3 Å². The van der Waals surface area contributed by atoms with E-state index in [0.717, 1.165) is 0 Å². The Hall–Kier alpha value is -1.59. The normalized spacial score (nSPS) is 11.7. The zero-order valence-electron chi connectivity index (χ0n) is 13.1. The van der Waals surface area contributed by atoms with Crippen LogP contribution in [0.5, 0.6) is 0 Å². The molecule has 0 aromatic heterocycles. The zero-order chi connectivity index (χ0) is 16.0. The minimum Gasteiger partial charge on any atom is -0.468 e. The number of esters is 3. The van der Waals surface area contributed by atoms with Crippen LogP contribution in [-0.2, 0) is 28.6 Å². The summed E-state index contributed by atoms with van der Waals surface area (Å²) in [5, 5.41) is 0. The van der Waals surface area contributed by atoms with Crippen LogP contribution >= 0.6 is 0 Å². The van der Waals surface area contributed by atoms with E-state index in [-0.39, 0.29) is 6.42 Å². The molecule has 0 aliphatic heterocycles. The second kappa shape index (κ2) is 7.26. The summed E-state index contributed by atoms with van der Waals surface area (Å²) < 4.78 is 14.5. The van der Waals surface area contributed by atoms with E-state index in [1.165, 1.54) is 14.2 Å². The SMILES string of the molecule is CCCC(CC(=O)OC(C)(C)C)(C(=O)OC)C(=O)OC. The molecule has 0 amide bonds. The molecule has 0 aromatic rings. The summed E-state index contributed by atoms with van der Waals surface area (Å²) in [7, 11) is 2.34. The topological polar surface area (TPSA) is 78.9 Å². The van der Waals surface area contributed by atoms with Gasteiger partial charge >= 0.3 is 17.9 Å². The van der Waals surface area contributed by atoms with Gasteiger partial charge in [0.25, 0.3) is 0 Å². The molecule has 0 fully saturated rings. The minimum absolute atomic E-state index is 0.158. The third kappa shape index (κ3) is 4.83. The lowest BCUT2D eigenvalue weighted by Gasteiger charge is -2.28. The maximum Gasteiger partial charge on any atom is 0.323 e. The highest BCUT2D eigenvalue weighted by Gasteiger charge is 2.50. The second-order valence-electron chi connectivity index (χ2n) is 5.58. The summed E-state index contributed by atoms with van der Waals surface area (Å²) in [4.78, 5) is 35.9. The van der Waals surface area contributed by atoms with Crippen LogP contribution < -0.4 is 0 Å². The van der Waals surface area contributed by atoms with Crippen molar-refractivity contribution in [2.45, 2.75) is 52.6 Å². The summed E-state index contributed by atoms with van der Waals surface area (Å²) in [5.74, 6) is -2.20.